The standard InChI is InChI=1S/C28H22F2N8O/c1-14(2)8-21(39)34-18-10-16(11-31-12-18)19-13-33-27-22(23(19)30)26(37-38-27)28-35-20-6-7-32-24(25(20)36-28)15-4-3-5-17(29)9-15/h3-7,9-14H,8H2,1-2H3,(H,34,39)(H,35,36)(H,33,37,38). The Bertz CT molecular complexity index is 1860. The minimum absolute atomic E-state index is 0.140. The fourth-order valence-corrected chi connectivity index (χ4v) is 4.46. The molecular weight excluding hydrogens is 502 g/mol. The predicted molar refractivity (Wildman–Crippen MR) is 143 cm³/mol. The van der Waals surface area contributed by atoms with Crippen molar-refractivity contribution in [2.75, 3.05) is 5.32 Å². The summed E-state index contributed by atoms with van der Waals surface area (Å²) in [5.41, 5.74) is 3.75. The van der Waals surface area contributed by atoms with Gasteiger partial charge in [-0.25, -0.2) is 18.7 Å². The molecule has 0 radical (unpaired) electrons. The number of fused-ring (bicyclic) bond motifs is 2. The zero-order valence-electron chi connectivity index (χ0n) is 21.0. The maximum atomic E-state index is 16.0. The Hall–Kier alpha value is -5.06. The largest absolute Gasteiger partial charge is 0.337 e. The van der Waals surface area contributed by atoms with Crippen LogP contribution in [-0.2, 0) is 4.79 Å². The third-order valence-electron chi connectivity index (χ3n) is 6.18. The van der Waals surface area contributed by atoms with Gasteiger partial charge in [0.25, 0.3) is 0 Å². The van der Waals surface area contributed by atoms with Gasteiger partial charge in [-0.1, -0.05) is 26.0 Å². The third-order valence-corrected chi connectivity index (χ3v) is 6.18. The fraction of sp³-hybridized carbons (Fsp3) is 0.143. The zero-order valence-corrected chi connectivity index (χ0v) is 21.0. The van der Waals surface area contributed by atoms with Crippen LogP contribution in [0.1, 0.15) is 20.3 Å². The summed E-state index contributed by atoms with van der Waals surface area (Å²) in [5, 5.41) is 9.94. The van der Waals surface area contributed by atoms with Crippen LogP contribution >= 0.6 is 0 Å². The molecule has 0 fully saturated rings. The molecule has 0 bridgehead atoms. The molecule has 11 heteroatoms. The van der Waals surface area contributed by atoms with Gasteiger partial charge in [-0.05, 0) is 30.2 Å². The second kappa shape index (κ2) is 9.67. The lowest BCUT2D eigenvalue weighted by Gasteiger charge is -2.09. The number of carbonyl (C=O) groups excluding carboxylic acids is 1. The number of nitrogens with one attached hydrogen (secondary N) is 3. The number of rotatable bonds is 6. The van der Waals surface area contributed by atoms with Crippen molar-refractivity contribution in [1.82, 2.24) is 35.1 Å². The van der Waals surface area contributed by atoms with Crippen molar-refractivity contribution < 1.29 is 13.6 Å². The number of amides is 1. The molecule has 5 heterocycles. The summed E-state index contributed by atoms with van der Waals surface area (Å²) in [4.78, 5) is 32.9. The summed E-state index contributed by atoms with van der Waals surface area (Å²) < 4.78 is 29.9. The second-order valence-corrected chi connectivity index (χ2v) is 9.54. The van der Waals surface area contributed by atoms with E-state index in [0.29, 0.717) is 51.5 Å². The quantitative estimate of drug-likeness (QED) is 0.250. The minimum Gasteiger partial charge on any atom is -0.337 e. The van der Waals surface area contributed by atoms with Crippen LogP contribution in [0.25, 0.3) is 56.0 Å². The van der Waals surface area contributed by atoms with Crippen LogP contribution in [0.5, 0.6) is 0 Å². The molecule has 0 aliphatic carbocycles. The van der Waals surface area contributed by atoms with Crippen LogP contribution in [0.3, 0.4) is 0 Å². The SMILES string of the molecule is CC(C)CC(=O)Nc1cncc(-c2cnc3n[nH]c(-c4nc5c(-c6cccc(F)c6)nccc5[nH]4)c3c2F)c1. The van der Waals surface area contributed by atoms with Gasteiger partial charge in [0.1, 0.15) is 22.8 Å². The monoisotopic (exact) mass is 524 g/mol. The molecule has 6 aromatic rings. The molecule has 0 unspecified atom stereocenters. The van der Waals surface area contributed by atoms with Gasteiger partial charge in [0.2, 0.25) is 5.91 Å². The summed E-state index contributed by atoms with van der Waals surface area (Å²) in [6, 6.07) is 9.46. The zero-order chi connectivity index (χ0) is 27.1. The number of hydrogen-bond donors (Lipinski definition) is 3. The lowest BCUT2D eigenvalue weighted by Crippen LogP contribution is -2.14. The van der Waals surface area contributed by atoms with Crippen molar-refractivity contribution in [2.45, 2.75) is 20.3 Å². The molecule has 0 aliphatic heterocycles. The molecule has 3 N–H and O–H groups in total. The Labute approximate surface area is 220 Å². The predicted octanol–water partition coefficient (Wildman–Crippen LogP) is 5.89. The van der Waals surface area contributed by atoms with Gasteiger partial charge in [-0.15, -0.1) is 0 Å². The van der Waals surface area contributed by atoms with Crippen molar-refractivity contribution in [2.24, 2.45) is 5.92 Å². The average Bonchev–Trinajstić information content (AvgIpc) is 3.53. The van der Waals surface area contributed by atoms with Gasteiger partial charge < -0.3 is 10.3 Å². The number of aromatic nitrogens is 7. The molecule has 5 aromatic heterocycles. The number of pyridine rings is 3. The maximum Gasteiger partial charge on any atom is 0.224 e. The Morgan fingerprint density at radius 3 is 2.74 bits per heavy atom. The number of anilines is 1. The number of carbonyl (C=O) groups is 1. The molecule has 0 spiro atoms. The van der Waals surface area contributed by atoms with E-state index in [1.165, 1.54) is 30.7 Å². The van der Waals surface area contributed by atoms with Crippen LogP contribution in [0.4, 0.5) is 14.5 Å². The Kier molecular flexibility index (Phi) is 6.02. The van der Waals surface area contributed by atoms with E-state index in [1.807, 2.05) is 13.8 Å². The van der Waals surface area contributed by atoms with Gasteiger partial charge in [0.15, 0.2) is 11.5 Å². The Balaban J connectivity index is 1.42. The average molecular weight is 525 g/mol. The summed E-state index contributed by atoms with van der Waals surface area (Å²) >= 11 is 0. The van der Waals surface area contributed by atoms with Crippen LogP contribution in [-0.4, -0.2) is 41.0 Å². The minimum atomic E-state index is -0.569. The molecule has 0 saturated carbocycles. The first-order chi connectivity index (χ1) is 18.9. The summed E-state index contributed by atoms with van der Waals surface area (Å²) in [5.74, 6) is -0.583. The molecular formula is C28H22F2N8O. The first-order valence-corrected chi connectivity index (χ1v) is 12.3. The number of imidazole rings is 1. The second-order valence-electron chi connectivity index (χ2n) is 9.54. The highest BCUT2D eigenvalue weighted by atomic mass is 19.1. The first kappa shape index (κ1) is 24.3. The van der Waals surface area contributed by atoms with Crippen molar-refractivity contribution in [3.05, 3.63) is 72.8 Å². The van der Waals surface area contributed by atoms with E-state index in [2.05, 4.69) is 40.4 Å². The lowest BCUT2D eigenvalue weighted by atomic mass is 10.1. The Morgan fingerprint density at radius 1 is 1.05 bits per heavy atom. The molecule has 39 heavy (non-hydrogen) atoms. The summed E-state index contributed by atoms with van der Waals surface area (Å²) in [7, 11) is 0. The number of H-pyrrole nitrogens is 2. The van der Waals surface area contributed by atoms with E-state index in [1.54, 1.807) is 30.5 Å². The fourth-order valence-electron chi connectivity index (χ4n) is 4.46. The van der Waals surface area contributed by atoms with Gasteiger partial charge in [-0.2, -0.15) is 5.10 Å². The van der Waals surface area contributed by atoms with E-state index in [0.717, 1.165) is 0 Å². The Morgan fingerprint density at radius 2 is 1.92 bits per heavy atom. The van der Waals surface area contributed by atoms with E-state index in [9.17, 15) is 9.18 Å². The van der Waals surface area contributed by atoms with Gasteiger partial charge in [-0.3, -0.25) is 19.9 Å². The smallest absolute Gasteiger partial charge is 0.224 e. The summed E-state index contributed by atoms with van der Waals surface area (Å²) in [6.07, 6.45) is 6.34. The highest BCUT2D eigenvalue weighted by Crippen LogP contribution is 2.34. The lowest BCUT2D eigenvalue weighted by molar-refractivity contribution is -0.116. The summed E-state index contributed by atoms with van der Waals surface area (Å²) in [6.45, 7) is 3.90. The molecule has 1 aromatic carbocycles. The van der Waals surface area contributed by atoms with Gasteiger partial charge in [0.05, 0.1) is 28.5 Å². The molecule has 1 amide bonds. The molecule has 0 saturated heterocycles. The molecule has 0 aliphatic rings. The van der Waals surface area contributed by atoms with Crippen LogP contribution in [0.2, 0.25) is 0 Å². The van der Waals surface area contributed by atoms with Crippen molar-refractivity contribution in [3.63, 3.8) is 0 Å². The van der Waals surface area contributed by atoms with E-state index in [4.69, 9.17) is 0 Å². The molecule has 9 nitrogen and oxygen atoms in total. The number of benzene rings is 1. The van der Waals surface area contributed by atoms with Crippen LogP contribution in [0.15, 0.2) is 61.2 Å². The normalized spacial score (nSPS) is 11.5. The van der Waals surface area contributed by atoms with Crippen molar-refractivity contribution in [1.29, 1.82) is 0 Å². The topological polar surface area (TPSA) is 125 Å². The molecule has 0 atom stereocenters. The van der Waals surface area contributed by atoms with Crippen LogP contribution in [0, 0.1) is 17.6 Å². The first-order valence-electron chi connectivity index (χ1n) is 12.3. The highest BCUT2D eigenvalue weighted by Gasteiger charge is 2.21. The van der Waals surface area contributed by atoms with E-state index in [-0.39, 0.29) is 34.2 Å². The van der Waals surface area contributed by atoms with Crippen molar-refractivity contribution >= 4 is 33.7 Å². The van der Waals surface area contributed by atoms with Gasteiger partial charge >= 0.3 is 0 Å². The molecule has 6 rings (SSSR count). The number of hydrogen-bond acceptors (Lipinski definition) is 6. The van der Waals surface area contributed by atoms with Gasteiger partial charge in [0, 0.05) is 41.7 Å². The van der Waals surface area contributed by atoms with Crippen molar-refractivity contribution in [3.8, 4) is 33.9 Å². The maximum absolute atomic E-state index is 16.0. The van der Waals surface area contributed by atoms with E-state index < -0.39 is 5.82 Å². The van der Waals surface area contributed by atoms with Crippen LogP contribution < -0.4 is 5.32 Å². The number of halogens is 2. The highest BCUT2D eigenvalue weighted by molar-refractivity contribution is 5.97. The van der Waals surface area contributed by atoms with E-state index >= 15 is 4.39 Å². The number of aromatic amines is 2. The molecule has 194 valence electrons. The third kappa shape index (κ3) is 4.58. The number of nitrogens with zero attached hydrogens (tertiary/aromatic N) is 5.